The van der Waals surface area contributed by atoms with Gasteiger partial charge in [0.1, 0.15) is 11.3 Å². The molecule has 1 heterocycles. The minimum Gasteiger partial charge on any atom is -0.477 e. The Kier molecular flexibility index (Phi) is 4.00. The lowest BCUT2D eigenvalue weighted by Crippen LogP contribution is -2.06. The molecule has 0 fully saturated rings. The minimum absolute atomic E-state index is 0.118. The fourth-order valence-corrected chi connectivity index (χ4v) is 2.25. The molecule has 2 aromatic rings. The van der Waals surface area contributed by atoms with Crippen LogP contribution < -0.4 is 0 Å². The Bertz CT molecular complexity index is 556. The second-order valence-corrected chi connectivity index (χ2v) is 4.46. The third-order valence-electron chi connectivity index (χ3n) is 3.34. The normalized spacial score (nSPS) is 10.9. The number of nitrogens with zero attached hydrogens (tertiary/aromatic N) is 1. The van der Waals surface area contributed by atoms with Crippen LogP contribution in [0.1, 0.15) is 48.7 Å². The number of aromatic carboxylic acids is 1. The van der Waals surface area contributed by atoms with Gasteiger partial charge in [-0.1, -0.05) is 49.3 Å². The van der Waals surface area contributed by atoms with E-state index in [0.29, 0.717) is 11.5 Å². The second-order valence-electron chi connectivity index (χ2n) is 4.46. The van der Waals surface area contributed by atoms with Gasteiger partial charge in [-0.3, -0.25) is 0 Å². The Hall–Kier alpha value is -2.10. The van der Waals surface area contributed by atoms with E-state index in [4.69, 9.17) is 4.52 Å². The molecule has 0 atom stereocenters. The molecule has 0 saturated carbocycles. The summed E-state index contributed by atoms with van der Waals surface area (Å²) in [5.74, 6) is -0.524. The van der Waals surface area contributed by atoms with Gasteiger partial charge < -0.3 is 9.63 Å². The molecule has 0 aliphatic heterocycles. The SMILES string of the molecule is CCC(CC)c1noc(-c2ccccc2)c1C(=O)O. The number of benzene rings is 1. The van der Waals surface area contributed by atoms with Gasteiger partial charge in [0.25, 0.3) is 0 Å². The van der Waals surface area contributed by atoms with Crippen LogP contribution in [0.5, 0.6) is 0 Å². The van der Waals surface area contributed by atoms with Crippen LogP contribution in [0.4, 0.5) is 0 Å². The number of aromatic nitrogens is 1. The fraction of sp³-hybridized carbons (Fsp3) is 0.333. The van der Waals surface area contributed by atoms with Gasteiger partial charge in [0, 0.05) is 11.5 Å². The molecule has 1 aromatic heterocycles. The van der Waals surface area contributed by atoms with Crippen LogP contribution in [0.15, 0.2) is 34.9 Å². The van der Waals surface area contributed by atoms with Crippen molar-refractivity contribution in [1.29, 1.82) is 0 Å². The summed E-state index contributed by atoms with van der Waals surface area (Å²) in [5, 5.41) is 13.4. The molecule has 0 amide bonds. The van der Waals surface area contributed by atoms with Crippen molar-refractivity contribution in [3.05, 3.63) is 41.6 Å². The lowest BCUT2D eigenvalue weighted by molar-refractivity contribution is 0.0695. The summed E-state index contributed by atoms with van der Waals surface area (Å²) in [6, 6.07) is 9.22. The van der Waals surface area contributed by atoms with E-state index < -0.39 is 5.97 Å². The van der Waals surface area contributed by atoms with Crippen LogP contribution in [0, 0.1) is 0 Å². The molecule has 0 radical (unpaired) electrons. The van der Waals surface area contributed by atoms with E-state index in [1.165, 1.54) is 0 Å². The van der Waals surface area contributed by atoms with Crippen LogP contribution in [0.25, 0.3) is 11.3 Å². The molecule has 0 unspecified atom stereocenters. The van der Waals surface area contributed by atoms with Crippen molar-refractivity contribution in [3.8, 4) is 11.3 Å². The molecule has 2 rings (SSSR count). The molecular formula is C15H17NO3. The number of rotatable bonds is 5. The molecule has 0 aliphatic rings. The maximum atomic E-state index is 11.5. The molecule has 4 heteroatoms. The van der Waals surface area contributed by atoms with E-state index in [1.807, 2.05) is 44.2 Å². The maximum Gasteiger partial charge on any atom is 0.341 e. The highest BCUT2D eigenvalue weighted by molar-refractivity contribution is 5.95. The molecule has 1 N–H and O–H groups in total. The Balaban J connectivity index is 2.55. The number of carbonyl (C=O) groups is 1. The standard InChI is InChI=1S/C15H17NO3/c1-3-10(4-2)13-12(15(17)18)14(19-16-13)11-8-6-5-7-9-11/h5-10H,3-4H2,1-2H3,(H,17,18). The number of carboxylic acid groups (broad SMARTS) is 1. The van der Waals surface area contributed by atoms with Gasteiger partial charge in [-0.15, -0.1) is 0 Å². The van der Waals surface area contributed by atoms with Crippen molar-refractivity contribution in [3.63, 3.8) is 0 Å². The molecular weight excluding hydrogens is 242 g/mol. The molecule has 0 spiro atoms. The van der Waals surface area contributed by atoms with E-state index in [9.17, 15) is 9.90 Å². The molecule has 1 aromatic carbocycles. The topological polar surface area (TPSA) is 63.3 Å². The summed E-state index contributed by atoms with van der Waals surface area (Å²) >= 11 is 0. The van der Waals surface area contributed by atoms with Gasteiger partial charge in [0.2, 0.25) is 0 Å². The van der Waals surface area contributed by atoms with Gasteiger partial charge in [-0.2, -0.15) is 0 Å². The fourth-order valence-electron chi connectivity index (χ4n) is 2.25. The molecule has 0 aliphatic carbocycles. The smallest absolute Gasteiger partial charge is 0.341 e. The summed E-state index contributed by atoms with van der Waals surface area (Å²) in [6.45, 7) is 4.05. The van der Waals surface area contributed by atoms with Crippen molar-refractivity contribution in [1.82, 2.24) is 5.16 Å². The summed E-state index contributed by atoms with van der Waals surface area (Å²) in [6.07, 6.45) is 1.69. The number of hydrogen-bond donors (Lipinski definition) is 1. The lowest BCUT2D eigenvalue weighted by atomic mass is 9.94. The average molecular weight is 259 g/mol. The first-order valence-electron chi connectivity index (χ1n) is 6.47. The van der Waals surface area contributed by atoms with E-state index in [0.717, 1.165) is 18.4 Å². The van der Waals surface area contributed by atoms with Crippen molar-refractivity contribution >= 4 is 5.97 Å². The predicted octanol–water partition coefficient (Wildman–Crippen LogP) is 3.94. The first-order chi connectivity index (χ1) is 9.19. The summed E-state index contributed by atoms with van der Waals surface area (Å²) in [5.41, 5.74) is 1.49. The van der Waals surface area contributed by atoms with E-state index in [2.05, 4.69) is 5.16 Å². The van der Waals surface area contributed by atoms with Gasteiger partial charge in [-0.25, -0.2) is 4.79 Å². The number of hydrogen-bond acceptors (Lipinski definition) is 3. The highest BCUT2D eigenvalue weighted by Gasteiger charge is 2.27. The van der Waals surface area contributed by atoms with Crippen LogP contribution in [-0.2, 0) is 0 Å². The van der Waals surface area contributed by atoms with Crippen LogP contribution >= 0.6 is 0 Å². The third-order valence-corrected chi connectivity index (χ3v) is 3.34. The van der Waals surface area contributed by atoms with Gasteiger partial charge >= 0.3 is 5.97 Å². The Morgan fingerprint density at radius 3 is 2.42 bits per heavy atom. The molecule has 100 valence electrons. The monoisotopic (exact) mass is 259 g/mol. The lowest BCUT2D eigenvalue weighted by Gasteiger charge is -2.09. The number of carboxylic acids is 1. The van der Waals surface area contributed by atoms with E-state index in [1.54, 1.807) is 0 Å². The van der Waals surface area contributed by atoms with Gasteiger partial charge in [0.15, 0.2) is 5.76 Å². The Labute approximate surface area is 112 Å². The summed E-state index contributed by atoms with van der Waals surface area (Å²) < 4.78 is 5.30. The van der Waals surface area contributed by atoms with Crippen molar-refractivity contribution in [2.75, 3.05) is 0 Å². The highest BCUT2D eigenvalue weighted by atomic mass is 16.5. The van der Waals surface area contributed by atoms with Crippen LogP contribution in [0.2, 0.25) is 0 Å². The Morgan fingerprint density at radius 1 is 1.26 bits per heavy atom. The van der Waals surface area contributed by atoms with Crippen molar-refractivity contribution in [2.24, 2.45) is 0 Å². The zero-order chi connectivity index (χ0) is 13.8. The van der Waals surface area contributed by atoms with Crippen LogP contribution in [0.3, 0.4) is 0 Å². The predicted molar refractivity (Wildman–Crippen MR) is 72.2 cm³/mol. The Morgan fingerprint density at radius 2 is 1.89 bits per heavy atom. The average Bonchev–Trinajstić information content (AvgIpc) is 2.86. The first-order valence-corrected chi connectivity index (χ1v) is 6.47. The molecule has 0 saturated heterocycles. The third kappa shape index (κ3) is 2.52. The molecule has 19 heavy (non-hydrogen) atoms. The van der Waals surface area contributed by atoms with Crippen molar-refractivity contribution < 1.29 is 14.4 Å². The van der Waals surface area contributed by atoms with Gasteiger partial charge in [-0.05, 0) is 12.8 Å². The first kappa shape index (κ1) is 13.3. The quantitative estimate of drug-likeness (QED) is 0.883. The summed E-state index contributed by atoms with van der Waals surface area (Å²) in [4.78, 5) is 11.5. The van der Waals surface area contributed by atoms with Crippen LogP contribution in [-0.4, -0.2) is 16.2 Å². The van der Waals surface area contributed by atoms with E-state index >= 15 is 0 Å². The largest absolute Gasteiger partial charge is 0.477 e. The highest BCUT2D eigenvalue weighted by Crippen LogP contribution is 2.32. The zero-order valence-corrected chi connectivity index (χ0v) is 11.1. The zero-order valence-electron chi connectivity index (χ0n) is 11.1. The molecule has 4 nitrogen and oxygen atoms in total. The minimum atomic E-state index is -0.984. The van der Waals surface area contributed by atoms with Crippen molar-refractivity contribution in [2.45, 2.75) is 32.6 Å². The summed E-state index contributed by atoms with van der Waals surface area (Å²) in [7, 11) is 0. The second kappa shape index (κ2) is 5.69. The van der Waals surface area contributed by atoms with Gasteiger partial charge in [0.05, 0.1) is 0 Å². The maximum absolute atomic E-state index is 11.5. The van der Waals surface area contributed by atoms with E-state index in [-0.39, 0.29) is 11.5 Å². The molecule has 0 bridgehead atoms.